The van der Waals surface area contributed by atoms with Gasteiger partial charge in [0.2, 0.25) is 11.8 Å². The van der Waals surface area contributed by atoms with Gasteiger partial charge in [-0.15, -0.1) is 0 Å². The third-order valence-corrected chi connectivity index (χ3v) is 5.27. The number of rotatable bonds is 5. The molecule has 1 aromatic rings. The smallest absolute Gasteiger partial charge is 0.226 e. The summed E-state index contributed by atoms with van der Waals surface area (Å²) in [7, 11) is 0. The summed E-state index contributed by atoms with van der Waals surface area (Å²) in [5.41, 5.74) is 2.02. The van der Waals surface area contributed by atoms with Gasteiger partial charge in [-0.1, -0.05) is 37.8 Å². The van der Waals surface area contributed by atoms with E-state index in [-0.39, 0.29) is 42.3 Å². The quantitative estimate of drug-likeness (QED) is 0.780. The van der Waals surface area contributed by atoms with Gasteiger partial charge in [-0.3, -0.25) is 9.59 Å². The van der Waals surface area contributed by atoms with Crippen molar-refractivity contribution in [2.24, 2.45) is 11.8 Å². The Balaban J connectivity index is 1.81. The third kappa shape index (κ3) is 4.33. The second-order valence-corrected chi connectivity index (χ2v) is 7.85. The van der Waals surface area contributed by atoms with Crippen molar-refractivity contribution in [2.45, 2.75) is 51.6 Å². The summed E-state index contributed by atoms with van der Waals surface area (Å²) in [4.78, 5) is 25.9. The number of hydrogen-bond acceptors (Lipinski definition) is 3. The van der Waals surface area contributed by atoms with E-state index in [0.717, 1.165) is 24.0 Å². The van der Waals surface area contributed by atoms with Crippen molar-refractivity contribution < 1.29 is 14.7 Å². The molecule has 1 aliphatic carbocycles. The van der Waals surface area contributed by atoms with E-state index in [1.807, 2.05) is 24.3 Å². The number of amides is 2. The van der Waals surface area contributed by atoms with Gasteiger partial charge in [0, 0.05) is 36.8 Å². The lowest BCUT2D eigenvalue weighted by atomic mass is 9.74. The first-order chi connectivity index (χ1) is 12.9. The van der Waals surface area contributed by atoms with Crippen LogP contribution < -0.4 is 5.32 Å². The van der Waals surface area contributed by atoms with E-state index in [2.05, 4.69) is 31.0 Å². The molecule has 2 N–H and O–H groups in total. The standard InChI is InChI=1S/C22H28N2O3/c1-14(2)4-5-16-6-8-17(9-7-16)21-19(12-23-15(3)26)24(20(21)13-25)22(27)18-10-11-18/h6-9,14,18-21,25H,10-13H2,1-3H3,(H,23,26)/t19-,20+,21+/m0/s1. The van der Waals surface area contributed by atoms with Gasteiger partial charge in [-0.05, 0) is 30.5 Å². The number of likely N-dealkylation sites (tertiary alicyclic amines) is 1. The van der Waals surface area contributed by atoms with E-state index in [0.29, 0.717) is 12.5 Å². The zero-order valence-corrected chi connectivity index (χ0v) is 16.2. The number of carbonyl (C=O) groups is 2. The summed E-state index contributed by atoms with van der Waals surface area (Å²) in [5.74, 6) is 6.72. The van der Waals surface area contributed by atoms with Crippen LogP contribution >= 0.6 is 0 Å². The van der Waals surface area contributed by atoms with Crippen LogP contribution in [0.5, 0.6) is 0 Å². The van der Waals surface area contributed by atoms with Crippen LogP contribution in [0, 0.1) is 23.7 Å². The molecule has 3 rings (SSSR count). The fraction of sp³-hybridized carbons (Fsp3) is 0.545. The van der Waals surface area contributed by atoms with Gasteiger partial charge in [0.05, 0.1) is 18.7 Å². The molecule has 0 bridgehead atoms. The molecule has 1 saturated heterocycles. The van der Waals surface area contributed by atoms with Crippen LogP contribution in [-0.4, -0.2) is 47.1 Å². The number of benzene rings is 1. The van der Waals surface area contributed by atoms with Crippen molar-refractivity contribution in [2.75, 3.05) is 13.2 Å². The number of carbonyl (C=O) groups excluding carboxylic acids is 2. The summed E-state index contributed by atoms with van der Waals surface area (Å²) in [6.45, 7) is 5.92. The monoisotopic (exact) mass is 368 g/mol. The SMILES string of the molecule is CC(=O)NC[C@H]1[C@@H](c2ccc(C#CC(C)C)cc2)[C@@H](CO)N1C(=O)C1CC1. The van der Waals surface area contributed by atoms with Crippen LogP contribution in [0.15, 0.2) is 24.3 Å². The van der Waals surface area contributed by atoms with Crippen molar-refractivity contribution in [3.63, 3.8) is 0 Å². The minimum Gasteiger partial charge on any atom is -0.394 e. The lowest BCUT2D eigenvalue weighted by molar-refractivity contribution is -0.152. The molecule has 1 aromatic carbocycles. The zero-order chi connectivity index (χ0) is 19.6. The first kappa shape index (κ1) is 19.4. The van der Waals surface area contributed by atoms with E-state index < -0.39 is 0 Å². The maximum atomic E-state index is 12.7. The molecule has 0 aromatic heterocycles. The normalized spacial score (nSPS) is 24.0. The minimum atomic E-state index is -0.232. The summed E-state index contributed by atoms with van der Waals surface area (Å²) in [6, 6.07) is 7.67. The van der Waals surface area contributed by atoms with E-state index in [1.165, 1.54) is 6.92 Å². The first-order valence-electron chi connectivity index (χ1n) is 9.71. The molecule has 1 aliphatic heterocycles. The molecule has 1 heterocycles. The van der Waals surface area contributed by atoms with Crippen LogP contribution in [0.25, 0.3) is 0 Å². The van der Waals surface area contributed by atoms with Crippen LogP contribution in [-0.2, 0) is 9.59 Å². The van der Waals surface area contributed by atoms with E-state index in [1.54, 1.807) is 4.90 Å². The molecular formula is C22H28N2O3. The van der Waals surface area contributed by atoms with Crippen LogP contribution in [0.1, 0.15) is 50.7 Å². The number of aliphatic hydroxyl groups excluding tert-OH is 1. The van der Waals surface area contributed by atoms with Gasteiger partial charge in [-0.2, -0.15) is 0 Å². The molecule has 2 fully saturated rings. The predicted molar refractivity (Wildman–Crippen MR) is 104 cm³/mol. The van der Waals surface area contributed by atoms with Crippen LogP contribution in [0.3, 0.4) is 0 Å². The van der Waals surface area contributed by atoms with Gasteiger partial charge in [0.1, 0.15) is 0 Å². The Morgan fingerprint density at radius 2 is 1.89 bits per heavy atom. The van der Waals surface area contributed by atoms with Crippen molar-refractivity contribution in [1.29, 1.82) is 0 Å². The Labute approximate surface area is 161 Å². The number of aliphatic hydroxyl groups is 1. The molecule has 27 heavy (non-hydrogen) atoms. The minimum absolute atomic E-state index is 0.0108. The third-order valence-electron chi connectivity index (χ3n) is 5.27. The molecule has 0 spiro atoms. The molecule has 5 heteroatoms. The maximum Gasteiger partial charge on any atom is 0.226 e. The predicted octanol–water partition coefficient (Wildman–Crippen LogP) is 1.90. The fourth-order valence-electron chi connectivity index (χ4n) is 3.75. The van der Waals surface area contributed by atoms with Crippen LogP contribution in [0.4, 0.5) is 0 Å². The zero-order valence-electron chi connectivity index (χ0n) is 16.2. The van der Waals surface area contributed by atoms with E-state index >= 15 is 0 Å². The Morgan fingerprint density at radius 3 is 2.41 bits per heavy atom. The number of nitrogens with one attached hydrogen (secondary N) is 1. The van der Waals surface area contributed by atoms with Crippen molar-refractivity contribution >= 4 is 11.8 Å². The van der Waals surface area contributed by atoms with Gasteiger partial charge < -0.3 is 15.3 Å². The van der Waals surface area contributed by atoms with E-state index in [4.69, 9.17) is 0 Å². The Bertz CT molecular complexity index is 756. The van der Waals surface area contributed by atoms with E-state index in [9.17, 15) is 14.7 Å². The molecule has 1 saturated carbocycles. The summed E-state index contributed by atoms with van der Waals surface area (Å²) < 4.78 is 0. The molecular weight excluding hydrogens is 340 g/mol. The van der Waals surface area contributed by atoms with Crippen LogP contribution in [0.2, 0.25) is 0 Å². The fourth-order valence-corrected chi connectivity index (χ4v) is 3.75. The summed E-state index contributed by atoms with van der Waals surface area (Å²) >= 11 is 0. The van der Waals surface area contributed by atoms with Gasteiger partial charge in [0.25, 0.3) is 0 Å². The molecule has 2 amide bonds. The Kier molecular flexibility index (Phi) is 5.86. The van der Waals surface area contributed by atoms with Gasteiger partial charge in [0.15, 0.2) is 0 Å². The molecule has 144 valence electrons. The largest absolute Gasteiger partial charge is 0.394 e. The highest BCUT2D eigenvalue weighted by atomic mass is 16.3. The number of hydrogen-bond donors (Lipinski definition) is 2. The highest BCUT2D eigenvalue weighted by Gasteiger charge is 2.53. The highest BCUT2D eigenvalue weighted by molar-refractivity contribution is 5.83. The van der Waals surface area contributed by atoms with Crippen molar-refractivity contribution in [1.82, 2.24) is 10.2 Å². The molecule has 3 atom stereocenters. The Morgan fingerprint density at radius 1 is 1.22 bits per heavy atom. The molecule has 0 unspecified atom stereocenters. The second kappa shape index (κ2) is 8.14. The highest BCUT2D eigenvalue weighted by Crippen LogP contribution is 2.44. The van der Waals surface area contributed by atoms with Crippen molar-refractivity contribution in [3.05, 3.63) is 35.4 Å². The summed E-state index contributed by atoms with van der Waals surface area (Å²) in [5, 5.41) is 12.8. The second-order valence-electron chi connectivity index (χ2n) is 7.85. The lowest BCUT2D eigenvalue weighted by Gasteiger charge is -2.55. The molecule has 0 radical (unpaired) electrons. The average Bonchev–Trinajstić information content (AvgIpc) is 3.45. The average molecular weight is 368 g/mol. The lowest BCUT2D eigenvalue weighted by Crippen LogP contribution is -2.68. The number of nitrogens with zero attached hydrogens (tertiary/aromatic N) is 1. The van der Waals surface area contributed by atoms with Gasteiger partial charge >= 0.3 is 0 Å². The van der Waals surface area contributed by atoms with Crippen molar-refractivity contribution in [3.8, 4) is 11.8 Å². The molecule has 2 aliphatic rings. The maximum absolute atomic E-state index is 12.7. The first-order valence-corrected chi connectivity index (χ1v) is 9.71. The van der Waals surface area contributed by atoms with Gasteiger partial charge in [-0.25, -0.2) is 0 Å². The topological polar surface area (TPSA) is 69.6 Å². The molecule has 5 nitrogen and oxygen atoms in total. The summed E-state index contributed by atoms with van der Waals surface area (Å²) in [6.07, 6.45) is 1.85. The Hall–Kier alpha value is -2.32.